The average molecular weight is 983 g/mol. The molecule has 0 unspecified atom stereocenters. The van der Waals surface area contributed by atoms with E-state index in [-0.39, 0.29) is 0 Å². The molecule has 0 bridgehead atoms. The van der Waals surface area contributed by atoms with E-state index in [1.807, 2.05) is 0 Å². The normalized spacial score (nSPS) is 15.8. The Morgan fingerprint density at radius 3 is 0.820 bits per heavy atom. The summed E-state index contributed by atoms with van der Waals surface area (Å²) in [7, 11) is 0. The summed E-state index contributed by atoms with van der Waals surface area (Å²) in [6.45, 7) is -7.78. The van der Waals surface area contributed by atoms with Gasteiger partial charge in [0, 0.05) is 6.07 Å². The van der Waals surface area contributed by atoms with Crippen LogP contribution in [0.3, 0.4) is 0 Å². The number of hydrogen-bond donors (Lipinski definition) is 0. The predicted octanol–water partition coefficient (Wildman–Crippen LogP) is 11.8. The second kappa shape index (κ2) is 15.4. The Morgan fingerprint density at radius 1 is 0.393 bits per heavy atom. The Hall–Kier alpha value is -4.02. The first-order valence-electron chi connectivity index (χ1n) is 13.8. The van der Waals surface area contributed by atoms with Crippen molar-refractivity contribution in [3.05, 3.63) is 28.3 Å². The monoisotopic (exact) mass is 983 g/mol. The molecule has 5 nitrogen and oxygen atoms in total. The van der Waals surface area contributed by atoms with Crippen LogP contribution in [0.2, 0.25) is 0 Å². The van der Waals surface area contributed by atoms with Crippen molar-refractivity contribution >= 4 is 5.69 Å². The fraction of sp³-hybridized carbons (Fsp3) is 0.750. The molecule has 61 heavy (non-hydrogen) atoms. The van der Waals surface area contributed by atoms with Gasteiger partial charge in [-0.05, 0) is 0 Å². The summed E-state index contributed by atoms with van der Waals surface area (Å²) in [6.07, 6.45) is -12.4. The summed E-state index contributed by atoms with van der Waals surface area (Å²) < 4.78 is 439. The van der Waals surface area contributed by atoms with Crippen molar-refractivity contribution < 1.29 is 155 Å². The first kappa shape index (κ1) is 55.0. The Kier molecular flexibility index (Phi) is 13.8. The maximum Gasteiger partial charge on any atom is 0.385 e. The van der Waals surface area contributed by atoms with E-state index in [2.05, 4.69) is 9.47 Å². The number of benzene rings is 1. The maximum absolute atomic E-state index is 14.2. The van der Waals surface area contributed by atoms with Crippen molar-refractivity contribution in [1.29, 1.82) is 0 Å². The molecule has 0 saturated carbocycles. The molecule has 1 aromatic carbocycles. The largest absolute Gasteiger partial charge is 0.487 e. The van der Waals surface area contributed by atoms with Crippen molar-refractivity contribution in [3.63, 3.8) is 0 Å². The van der Waals surface area contributed by atoms with Crippen LogP contribution in [0.25, 0.3) is 0 Å². The number of ether oxygens (including phenoxy) is 2. The van der Waals surface area contributed by atoms with E-state index in [0.29, 0.717) is 0 Å². The zero-order valence-electron chi connectivity index (χ0n) is 27.0. The minimum absolute atomic E-state index is 0.562. The van der Waals surface area contributed by atoms with Crippen LogP contribution in [0.5, 0.6) is 11.5 Å². The van der Waals surface area contributed by atoms with Gasteiger partial charge in [0.05, 0.1) is 17.1 Å². The van der Waals surface area contributed by atoms with E-state index in [1.54, 1.807) is 0 Å². The Balaban J connectivity index is 3.63. The molecule has 0 aliphatic carbocycles. The lowest BCUT2D eigenvalue weighted by Crippen LogP contribution is -2.74. The molecule has 0 amide bonds. The average Bonchev–Trinajstić information content (AvgIpc) is 3.08. The molecule has 0 spiro atoms. The van der Waals surface area contributed by atoms with E-state index in [4.69, 9.17) is 0 Å². The third-order valence-electron chi connectivity index (χ3n) is 7.37. The van der Waals surface area contributed by atoms with Gasteiger partial charge in [-0.25, -0.2) is 17.6 Å². The van der Waals surface area contributed by atoms with Gasteiger partial charge in [0.25, 0.3) is 5.69 Å². The van der Waals surface area contributed by atoms with Gasteiger partial charge in [-0.2, -0.15) is 123 Å². The molecule has 0 fully saturated rings. The number of non-ortho nitro benzene ring substituents is 1. The van der Waals surface area contributed by atoms with E-state index in [0.717, 1.165) is 0 Å². The molecule has 0 aliphatic rings. The summed E-state index contributed by atoms with van der Waals surface area (Å²) in [5.74, 6) is -122. The highest BCUT2D eigenvalue weighted by atomic mass is 19.4. The predicted molar refractivity (Wildman–Crippen MR) is 125 cm³/mol. The van der Waals surface area contributed by atoms with Crippen LogP contribution in [0, 0.1) is 10.1 Å². The highest BCUT2D eigenvalue weighted by molar-refractivity contribution is 5.46. The molecule has 0 radical (unpaired) electrons. The molecule has 0 heterocycles. The van der Waals surface area contributed by atoms with Crippen LogP contribution in [0.1, 0.15) is 0 Å². The van der Waals surface area contributed by atoms with E-state index >= 15 is 0 Å². The number of nitro groups is 1. The smallest absolute Gasteiger partial charge is 0.385 e. The van der Waals surface area contributed by atoms with Crippen LogP contribution in [-0.2, 0) is 0 Å². The summed E-state index contributed by atoms with van der Waals surface area (Å²) in [4.78, 5) is 9.02. The van der Waals surface area contributed by atoms with Crippen LogP contribution in [0.4, 0.5) is 146 Å². The number of hydrogen-bond acceptors (Lipinski definition) is 4. The van der Waals surface area contributed by atoms with Crippen LogP contribution < -0.4 is 9.47 Å². The van der Waals surface area contributed by atoms with Crippen molar-refractivity contribution in [1.82, 2.24) is 0 Å². The number of nitrogens with zero attached hydrogens (tertiary/aromatic N) is 1. The molecular weight excluding hydrogens is 974 g/mol. The molecule has 1 rings (SSSR count). The molecule has 37 heteroatoms. The van der Waals surface area contributed by atoms with Crippen molar-refractivity contribution in [2.24, 2.45) is 0 Å². The Morgan fingerprint density at radius 2 is 0.607 bits per heavy atom. The molecule has 0 atom stereocenters. The van der Waals surface area contributed by atoms with Gasteiger partial charge >= 0.3 is 95.8 Å². The SMILES string of the molecule is O=[N+]([O-])c1cc(OCC(F)(F)C(F)(F)C(F)(F)C(F)(F)C(F)(F)C(F)(F)C(F)(F)C(F)F)cc(OCC(F)(F)C(F)(F)C(F)(F)C(F)(F)C(F)(F)C(F)(F)C(F)(F)C(F)F)c1. The first-order valence-corrected chi connectivity index (χ1v) is 13.8. The first-order chi connectivity index (χ1) is 26.3. The zero-order chi connectivity index (χ0) is 49.4. The molecular formula is C24H9F32NO4. The molecule has 0 aromatic heterocycles. The van der Waals surface area contributed by atoms with Gasteiger partial charge in [-0.15, -0.1) is 0 Å². The Labute approximate surface area is 310 Å². The fourth-order valence-corrected chi connectivity index (χ4v) is 3.69. The molecule has 0 saturated heterocycles. The summed E-state index contributed by atoms with van der Waals surface area (Å²) in [5, 5.41) is 11.0. The second-order valence-corrected chi connectivity index (χ2v) is 11.5. The minimum Gasteiger partial charge on any atom is -0.487 e. The zero-order valence-corrected chi connectivity index (χ0v) is 27.0. The third-order valence-corrected chi connectivity index (χ3v) is 7.37. The molecule has 1 aromatic rings. The molecule has 0 N–H and O–H groups in total. The number of rotatable bonds is 21. The second-order valence-electron chi connectivity index (χ2n) is 11.5. The lowest BCUT2D eigenvalue weighted by molar-refractivity contribution is -0.447. The lowest BCUT2D eigenvalue weighted by Gasteiger charge is -2.42. The molecule has 0 aliphatic heterocycles. The summed E-state index contributed by atoms with van der Waals surface area (Å²) in [6, 6.07) is -1.85. The highest BCUT2D eigenvalue weighted by Crippen LogP contribution is 2.64. The standard InChI is InChI=1S/C24H9F32NO4/c25-9(26)13(33,34)17(41,42)21(49,50)23(53,54)19(45,46)15(37,38)11(29,30)4-60-7-1-6(57(58)59)2-8(3-7)61-5-12(31,32)16(39,40)20(47,48)24(55,56)22(51,52)18(43,44)14(35,36)10(27)28/h1-3,9-10H,4-5H2. The van der Waals surface area contributed by atoms with Gasteiger partial charge in [-0.3, -0.25) is 10.1 Å². The topological polar surface area (TPSA) is 61.6 Å². The van der Waals surface area contributed by atoms with Gasteiger partial charge in [0.1, 0.15) is 11.5 Å². The number of halogens is 32. The van der Waals surface area contributed by atoms with E-state index in [1.165, 1.54) is 0 Å². The summed E-state index contributed by atoms with van der Waals surface area (Å²) >= 11 is 0. The summed E-state index contributed by atoms with van der Waals surface area (Å²) in [5.41, 5.74) is -2.06. The highest BCUT2D eigenvalue weighted by Gasteiger charge is 2.95. The van der Waals surface area contributed by atoms with Gasteiger partial charge in [-0.1, -0.05) is 0 Å². The van der Waals surface area contributed by atoms with Crippen LogP contribution >= 0.6 is 0 Å². The van der Waals surface area contributed by atoms with Crippen molar-refractivity contribution in [2.45, 2.75) is 95.8 Å². The number of nitro benzene ring substituents is 1. The van der Waals surface area contributed by atoms with E-state index < -0.39 is 149 Å². The van der Waals surface area contributed by atoms with Crippen molar-refractivity contribution in [2.75, 3.05) is 13.2 Å². The third kappa shape index (κ3) is 7.87. The Bertz CT molecular complexity index is 1620. The number of alkyl halides is 32. The quantitative estimate of drug-likeness (QED) is 0.0699. The van der Waals surface area contributed by atoms with Gasteiger partial charge in [0.2, 0.25) is 0 Å². The lowest BCUT2D eigenvalue weighted by atomic mass is 9.89. The van der Waals surface area contributed by atoms with E-state index in [9.17, 15) is 151 Å². The van der Waals surface area contributed by atoms with Crippen LogP contribution in [-0.4, -0.2) is 114 Å². The van der Waals surface area contributed by atoms with Crippen molar-refractivity contribution in [3.8, 4) is 11.5 Å². The van der Waals surface area contributed by atoms with Gasteiger partial charge in [0.15, 0.2) is 13.2 Å². The van der Waals surface area contributed by atoms with Gasteiger partial charge < -0.3 is 9.47 Å². The fourth-order valence-electron chi connectivity index (χ4n) is 3.69. The van der Waals surface area contributed by atoms with Crippen LogP contribution in [0.15, 0.2) is 18.2 Å². The maximum atomic E-state index is 14.2. The molecule has 358 valence electrons. The minimum atomic E-state index is -8.94.